The molecule has 0 atom stereocenters. The number of rotatable bonds is 8. The molecule has 6 nitrogen and oxygen atoms in total. The van der Waals surface area contributed by atoms with Crippen LogP contribution in [0.3, 0.4) is 0 Å². The van der Waals surface area contributed by atoms with Crippen molar-refractivity contribution in [1.29, 1.82) is 0 Å². The van der Waals surface area contributed by atoms with Gasteiger partial charge in [-0.15, -0.1) is 0 Å². The summed E-state index contributed by atoms with van der Waals surface area (Å²) in [5, 5.41) is 9.55. The van der Waals surface area contributed by atoms with Gasteiger partial charge in [0, 0.05) is 31.1 Å². The molecule has 0 aliphatic heterocycles. The molecule has 0 aromatic heterocycles. The number of amides is 1. The highest BCUT2D eigenvalue weighted by molar-refractivity contribution is 5.81. The van der Waals surface area contributed by atoms with Crippen molar-refractivity contribution in [3.05, 3.63) is 29.3 Å². The van der Waals surface area contributed by atoms with Gasteiger partial charge in [-0.1, -0.05) is 25.0 Å². The van der Waals surface area contributed by atoms with Gasteiger partial charge in [0.05, 0.1) is 13.7 Å². The number of methoxy groups -OCH3 is 1. The Labute approximate surface area is 156 Å². The molecule has 1 aromatic carbocycles. The van der Waals surface area contributed by atoms with Crippen molar-refractivity contribution in [1.82, 2.24) is 16.0 Å². The number of hydrogen-bond acceptors (Lipinski definition) is 3. The zero-order valence-electron chi connectivity index (χ0n) is 16.2. The Bertz CT molecular complexity index is 610. The van der Waals surface area contributed by atoms with Crippen molar-refractivity contribution in [2.75, 3.05) is 20.2 Å². The van der Waals surface area contributed by atoms with E-state index >= 15 is 0 Å². The molecule has 2 rings (SSSR count). The van der Waals surface area contributed by atoms with Gasteiger partial charge < -0.3 is 20.7 Å². The van der Waals surface area contributed by atoms with E-state index in [1.54, 1.807) is 7.11 Å². The molecule has 0 saturated heterocycles. The van der Waals surface area contributed by atoms with Gasteiger partial charge >= 0.3 is 0 Å². The van der Waals surface area contributed by atoms with E-state index < -0.39 is 0 Å². The van der Waals surface area contributed by atoms with Gasteiger partial charge in [-0.05, 0) is 38.3 Å². The average molecular weight is 361 g/mol. The van der Waals surface area contributed by atoms with Gasteiger partial charge in [0.15, 0.2) is 5.96 Å². The number of hydrogen-bond donors (Lipinski definition) is 3. The summed E-state index contributed by atoms with van der Waals surface area (Å²) in [5.41, 5.74) is 2.20. The van der Waals surface area contributed by atoms with Crippen LogP contribution in [0.4, 0.5) is 0 Å². The minimum absolute atomic E-state index is 0.112. The van der Waals surface area contributed by atoms with Crippen LogP contribution in [-0.4, -0.2) is 38.1 Å². The first-order valence-corrected chi connectivity index (χ1v) is 9.57. The van der Waals surface area contributed by atoms with Gasteiger partial charge in [0.2, 0.25) is 5.91 Å². The highest BCUT2D eigenvalue weighted by Crippen LogP contribution is 2.20. The Morgan fingerprint density at radius 3 is 2.73 bits per heavy atom. The molecule has 0 bridgehead atoms. The van der Waals surface area contributed by atoms with E-state index in [1.807, 2.05) is 26.0 Å². The highest BCUT2D eigenvalue weighted by Gasteiger charge is 2.16. The van der Waals surface area contributed by atoms with Crippen LogP contribution >= 0.6 is 0 Å². The topological polar surface area (TPSA) is 74.8 Å². The predicted octanol–water partition coefficient (Wildman–Crippen LogP) is 2.51. The molecule has 144 valence electrons. The standard InChI is InChI=1S/C20H32N4O2/c1-4-21-20(22-12-11-19(25)24-17-7-5-6-8-17)23-14-16-10-9-15(2)13-18(16)26-3/h9-10,13,17H,4-8,11-12,14H2,1-3H3,(H,24,25)(H2,21,22,23). The number of nitrogens with one attached hydrogen (secondary N) is 3. The van der Waals surface area contributed by atoms with Gasteiger partial charge in [-0.2, -0.15) is 0 Å². The van der Waals surface area contributed by atoms with Crippen molar-refractivity contribution in [3.8, 4) is 5.75 Å². The molecule has 1 amide bonds. The van der Waals surface area contributed by atoms with Gasteiger partial charge in [-0.3, -0.25) is 4.79 Å². The van der Waals surface area contributed by atoms with Crippen LogP contribution in [0.1, 0.15) is 50.2 Å². The van der Waals surface area contributed by atoms with Crippen LogP contribution in [0.25, 0.3) is 0 Å². The first kappa shape index (κ1) is 20.1. The van der Waals surface area contributed by atoms with E-state index in [0.29, 0.717) is 31.5 Å². The van der Waals surface area contributed by atoms with Crippen molar-refractivity contribution < 1.29 is 9.53 Å². The van der Waals surface area contributed by atoms with Crippen LogP contribution < -0.4 is 20.7 Å². The maximum atomic E-state index is 12.0. The normalized spacial score (nSPS) is 15.0. The molecule has 1 saturated carbocycles. The summed E-state index contributed by atoms with van der Waals surface area (Å²) in [6.07, 6.45) is 5.13. The van der Waals surface area contributed by atoms with Gasteiger partial charge in [-0.25, -0.2) is 4.99 Å². The molecule has 26 heavy (non-hydrogen) atoms. The van der Waals surface area contributed by atoms with E-state index in [2.05, 4.69) is 27.0 Å². The quantitative estimate of drug-likeness (QED) is 0.492. The first-order chi connectivity index (χ1) is 12.6. The van der Waals surface area contributed by atoms with E-state index in [9.17, 15) is 4.79 Å². The largest absolute Gasteiger partial charge is 0.496 e. The lowest BCUT2D eigenvalue weighted by Gasteiger charge is -2.14. The third-order valence-corrected chi connectivity index (χ3v) is 4.56. The zero-order chi connectivity index (χ0) is 18.8. The second-order valence-corrected chi connectivity index (χ2v) is 6.74. The molecule has 1 aliphatic carbocycles. The Hall–Kier alpha value is -2.24. The molecule has 1 aromatic rings. The van der Waals surface area contributed by atoms with Crippen molar-refractivity contribution >= 4 is 11.9 Å². The number of aryl methyl sites for hydroxylation is 1. The molecule has 1 aliphatic rings. The monoisotopic (exact) mass is 360 g/mol. The maximum Gasteiger partial charge on any atom is 0.221 e. The van der Waals surface area contributed by atoms with Gasteiger partial charge in [0.1, 0.15) is 5.75 Å². The number of carbonyl (C=O) groups excluding carboxylic acids is 1. The highest BCUT2D eigenvalue weighted by atomic mass is 16.5. The first-order valence-electron chi connectivity index (χ1n) is 9.57. The van der Waals surface area contributed by atoms with E-state index in [4.69, 9.17) is 4.74 Å². The molecule has 0 unspecified atom stereocenters. The number of carbonyl (C=O) groups is 1. The van der Waals surface area contributed by atoms with E-state index in [-0.39, 0.29) is 5.91 Å². The number of aliphatic imine (C=N–C) groups is 1. The molecule has 6 heteroatoms. The number of benzene rings is 1. The fourth-order valence-corrected chi connectivity index (χ4v) is 3.15. The Morgan fingerprint density at radius 1 is 1.27 bits per heavy atom. The summed E-state index contributed by atoms with van der Waals surface area (Å²) in [6, 6.07) is 6.48. The lowest BCUT2D eigenvalue weighted by atomic mass is 10.1. The fraction of sp³-hybridized carbons (Fsp3) is 0.600. The fourth-order valence-electron chi connectivity index (χ4n) is 3.15. The summed E-state index contributed by atoms with van der Waals surface area (Å²) < 4.78 is 5.43. The summed E-state index contributed by atoms with van der Waals surface area (Å²) in [6.45, 7) is 5.92. The lowest BCUT2D eigenvalue weighted by Crippen LogP contribution is -2.40. The van der Waals surface area contributed by atoms with Crippen LogP contribution in [0.5, 0.6) is 5.75 Å². The number of nitrogens with zero attached hydrogens (tertiary/aromatic N) is 1. The van der Waals surface area contributed by atoms with Crippen molar-refractivity contribution in [2.24, 2.45) is 4.99 Å². The zero-order valence-corrected chi connectivity index (χ0v) is 16.2. The minimum atomic E-state index is 0.112. The summed E-state index contributed by atoms with van der Waals surface area (Å²) in [5.74, 6) is 1.67. The van der Waals surface area contributed by atoms with Gasteiger partial charge in [0.25, 0.3) is 0 Å². The third kappa shape index (κ3) is 6.58. The van der Waals surface area contributed by atoms with E-state index in [1.165, 1.54) is 12.8 Å². The summed E-state index contributed by atoms with van der Waals surface area (Å²) in [4.78, 5) is 16.6. The molecule has 0 spiro atoms. The molecule has 0 radical (unpaired) electrons. The molecule has 0 heterocycles. The van der Waals surface area contributed by atoms with Crippen molar-refractivity contribution in [2.45, 2.75) is 58.5 Å². The second-order valence-electron chi connectivity index (χ2n) is 6.74. The Kier molecular flexibility index (Phi) is 8.25. The smallest absolute Gasteiger partial charge is 0.221 e. The molecule has 3 N–H and O–H groups in total. The average Bonchev–Trinajstić information content (AvgIpc) is 3.13. The van der Waals surface area contributed by atoms with Crippen LogP contribution in [0.2, 0.25) is 0 Å². The number of guanidine groups is 1. The predicted molar refractivity (Wildman–Crippen MR) is 106 cm³/mol. The molecular weight excluding hydrogens is 328 g/mol. The third-order valence-electron chi connectivity index (χ3n) is 4.56. The van der Waals surface area contributed by atoms with Crippen molar-refractivity contribution in [3.63, 3.8) is 0 Å². The number of ether oxygens (including phenoxy) is 1. The summed E-state index contributed by atoms with van der Waals surface area (Å²) >= 11 is 0. The SMILES string of the molecule is CCNC(=NCc1ccc(C)cc1OC)NCCC(=O)NC1CCCC1. The molecule has 1 fully saturated rings. The van der Waals surface area contributed by atoms with Crippen LogP contribution in [-0.2, 0) is 11.3 Å². The second kappa shape index (κ2) is 10.7. The van der Waals surface area contributed by atoms with E-state index in [0.717, 1.165) is 36.3 Å². The Balaban J connectivity index is 1.83. The molecular formula is C20H32N4O2. The summed E-state index contributed by atoms with van der Waals surface area (Å²) in [7, 11) is 1.68. The lowest BCUT2D eigenvalue weighted by molar-refractivity contribution is -0.121. The maximum absolute atomic E-state index is 12.0. The van der Waals surface area contributed by atoms with Crippen LogP contribution in [0.15, 0.2) is 23.2 Å². The van der Waals surface area contributed by atoms with Crippen LogP contribution in [0, 0.1) is 6.92 Å². The minimum Gasteiger partial charge on any atom is -0.496 e. The Morgan fingerprint density at radius 2 is 2.04 bits per heavy atom.